The summed E-state index contributed by atoms with van der Waals surface area (Å²) in [5.41, 5.74) is -1.25. The fraction of sp³-hybridized carbons (Fsp3) is 0.333. The number of methoxy groups -OCH3 is 2. The summed E-state index contributed by atoms with van der Waals surface area (Å²) >= 11 is 0. The monoisotopic (exact) mass is 273 g/mol. The largest absolute Gasteiger partial charge is 0.498 e. The van der Waals surface area contributed by atoms with E-state index in [2.05, 4.69) is 4.99 Å². The van der Waals surface area contributed by atoms with Gasteiger partial charge in [0, 0.05) is 24.8 Å². The van der Waals surface area contributed by atoms with Crippen LogP contribution in [0.25, 0.3) is 0 Å². The molecule has 1 aliphatic heterocycles. The Morgan fingerprint density at radius 3 is 2.47 bits per heavy atom. The van der Waals surface area contributed by atoms with Crippen molar-refractivity contribution in [1.29, 1.82) is 0 Å². The zero-order valence-corrected chi connectivity index (χ0v) is 10.1. The molecule has 0 aromatic carbocycles. The molecule has 4 nitrogen and oxygen atoms in total. The van der Waals surface area contributed by atoms with Crippen LogP contribution in [0.5, 0.6) is 0 Å². The quantitative estimate of drug-likeness (QED) is 0.772. The van der Waals surface area contributed by atoms with Gasteiger partial charge in [-0.1, -0.05) is 0 Å². The molecule has 0 fully saturated rings. The van der Waals surface area contributed by atoms with Gasteiger partial charge in [-0.25, -0.2) is 4.99 Å². The van der Waals surface area contributed by atoms with Crippen molar-refractivity contribution < 1.29 is 27.4 Å². The number of aliphatic imine (C=N–C) groups is 1. The van der Waals surface area contributed by atoms with Crippen LogP contribution in [0, 0.1) is 0 Å². The first kappa shape index (κ1) is 13.5. The van der Waals surface area contributed by atoms with E-state index >= 15 is 0 Å². The minimum atomic E-state index is -4.63. The third-order valence-electron chi connectivity index (χ3n) is 2.74. The molecule has 0 spiro atoms. The van der Waals surface area contributed by atoms with Gasteiger partial charge in [-0.3, -0.25) is 4.79 Å². The van der Waals surface area contributed by atoms with Gasteiger partial charge in [0.15, 0.2) is 0 Å². The van der Waals surface area contributed by atoms with Gasteiger partial charge in [0.2, 0.25) is 0 Å². The van der Waals surface area contributed by atoms with Crippen molar-refractivity contribution in [3.05, 3.63) is 35.1 Å². The maximum atomic E-state index is 12.9. The van der Waals surface area contributed by atoms with Gasteiger partial charge in [0.05, 0.1) is 18.4 Å². The van der Waals surface area contributed by atoms with Gasteiger partial charge in [-0.2, -0.15) is 13.2 Å². The highest BCUT2D eigenvalue weighted by molar-refractivity contribution is 6.21. The number of carbonyl (C=O) groups excluding carboxylic acids is 1. The molecule has 2 aliphatic rings. The van der Waals surface area contributed by atoms with Gasteiger partial charge in [0.25, 0.3) is 5.91 Å². The third kappa shape index (κ3) is 2.46. The number of ether oxygens (including phenoxy) is 2. The topological polar surface area (TPSA) is 47.9 Å². The Morgan fingerprint density at radius 2 is 1.95 bits per heavy atom. The van der Waals surface area contributed by atoms with E-state index in [4.69, 9.17) is 9.47 Å². The first-order valence-electron chi connectivity index (χ1n) is 5.29. The first-order chi connectivity index (χ1) is 8.86. The van der Waals surface area contributed by atoms with Crippen molar-refractivity contribution >= 4 is 11.6 Å². The Morgan fingerprint density at radius 1 is 1.26 bits per heavy atom. The van der Waals surface area contributed by atoms with E-state index in [-0.39, 0.29) is 11.3 Å². The number of alkyl halides is 3. The lowest BCUT2D eigenvalue weighted by atomic mass is 9.91. The van der Waals surface area contributed by atoms with Crippen LogP contribution in [0.3, 0.4) is 0 Å². The highest BCUT2D eigenvalue weighted by Crippen LogP contribution is 2.36. The summed E-state index contributed by atoms with van der Waals surface area (Å²) in [6.07, 6.45) is -2.37. The van der Waals surface area contributed by atoms with E-state index in [1.165, 1.54) is 26.4 Å². The fourth-order valence-corrected chi connectivity index (χ4v) is 1.88. The second kappa shape index (κ2) is 4.65. The SMILES string of the molecule is COC1=CC2=NC(=O)C=C(C(F)(F)F)C2=CC1OC. The second-order valence-corrected chi connectivity index (χ2v) is 3.88. The lowest BCUT2D eigenvalue weighted by Gasteiger charge is -2.25. The van der Waals surface area contributed by atoms with E-state index in [1.807, 2.05) is 0 Å². The summed E-state index contributed by atoms with van der Waals surface area (Å²) in [5, 5.41) is 0. The molecule has 0 bridgehead atoms. The molecule has 19 heavy (non-hydrogen) atoms. The molecular weight excluding hydrogens is 263 g/mol. The van der Waals surface area contributed by atoms with Crippen LogP contribution in [-0.4, -0.2) is 38.1 Å². The molecule has 102 valence electrons. The number of allylic oxidation sites excluding steroid dienone is 3. The van der Waals surface area contributed by atoms with Gasteiger partial charge in [-0.15, -0.1) is 0 Å². The lowest BCUT2D eigenvalue weighted by Crippen LogP contribution is -2.28. The Labute approximate surface area is 106 Å². The molecule has 0 saturated carbocycles. The Kier molecular flexibility index (Phi) is 3.32. The molecule has 2 rings (SSSR count). The molecule has 0 aromatic heterocycles. The van der Waals surface area contributed by atoms with Crippen molar-refractivity contribution in [3.63, 3.8) is 0 Å². The number of dihydropyridines is 1. The van der Waals surface area contributed by atoms with Gasteiger partial charge in [0.1, 0.15) is 11.9 Å². The first-order valence-corrected chi connectivity index (χ1v) is 5.29. The molecule has 0 N–H and O–H groups in total. The number of fused-ring (bicyclic) bond motifs is 1. The minimum Gasteiger partial charge on any atom is -0.498 e. The summed E-state index contributed by atoms with van der Waals surface area (Å²) in [4.78, 5) is 14.8. The third-order valence-corrected chi connectivity index (χ3v) is 2.74. The van der Waals surface area contributed by atoms with Crippen LogP contribution in [0.2, 0.25) is 0 Å². The van der Waals surface area contributed by atoms with Gasteiger partial charge < -0.3 is 9.47 Å². The number of hydrogen-bond acceptors (Lipinski definition) is 3. The normalized spacial score (nSPS) is 23.0. The zero-order valence-electron chi connectivity index (χ0n) is 10.1. The number of halogens is 3. The summed E-state index contributed by atoms with van der Waals surface area (Å²) in [6, 6.07) is 0. The highest BCUT2D eigenvalue weighted by Gasteiger charge is 2.41. The number of hydrogen-bond donors (Lipinski definition) is 0. The maximum absolute atomic E-state index is 12.9. The van der Waals surface area contributed by atoms with E-state index in [0.29, 0.717) is 11.8 Å². The molecule has 0 radical (unpaired) electrons. The van der Waals surface area contributed by atoms with E-state index in [1.54, 1.807) is 0 Å². The summed E-state index contributed by atoms with van der Waals surface area (Å²) in [5.74, 6) is -0.650. The lowest BCUT2D eigenvalue weighted by molar-refractivity contribution is -0.115. The van der Waals surface area contributed by atoms with Crippen LogP contribution in [0.1, 0.15) is 0 Å². The molecular formula is C12H10F3NO3. The average Bonchev–Trinajstić information content (AvgIpc) is 2.34. The van der Waals surface area contributed by atoms with Crippen LogP contribution in [-0.2, 0) is 14.3 Å². The van der Waals surface area contributed by atoms with Crippen molar-refractivity contribution in [1.82, 2.24) is 0 Å². The molecule has 7 heteroatoms. The predicted octanol–water partition coefficient (Wildman–Crippen LogP) is 1.94. The number of nitrogens with zero attached hydrogens (tertiary/aromatic N) is 1. The zero-order chi connectivity index (χ0) is 14.2. The van der Waals surface area contributed by atoms with E-state index in [9.17, 15) is 18.0 Å². The Bertz CT molecular complexity index is 541. The van der Waals surface area contributed by atoms with E-state index < -0.39 is 23.8 Å². The Balaban J connectivity index is 2.51. The van der Waals surface area contributed by atoms with E-state index in [0.717, 1.165) is 0 Å². The second-order valence-electron chi connectivity index (χ2n) is 3.88. The van der Waals surface area contributed by atoms with Crippen LogP contribution < -0.4 is 0 Å². The molecule has 1 unspecified atom stereocenters. The summed E-state index contributed by atoms with van der Waals surface area (Å²) in [6.45, 7) is 0. The summed E-state index contributed by atoms with van der Waals surface area (Å²) in [7, 11) is 2.71. The van der Waals surface area contributed by atoms with Crippen molar-refractivity contribution in [2.45, 2.75) is 12.3 Å². The maximum Gasteiger partial charge on any atom is 0.417 e. The van der Waals surface area contributed by atoms with Crippen LogP contribution in [0.4, 0.5) is 13.2 Å². The van der Waals surface area contributed by atoms with Crippen molar-refractivity contribution in [2.24, 2.45) is 4.99 Å². The molecule has 0 aromatic rings. The van der Waals surface area contributed by atoms with Crippen LogP contribution >= 0.6 is 0 Å². The highest BCUT2D eigenvalue weighted by atomic mass is 19.4. The number of carbonyl (C=O) groups is 1. The summed E-state index contributed by atoms with van der Waals surface area (Å²) < 4.78 is 48.7. The number of rotatable bonds is 2. The minimum absolute atomic E-state index is 0.0648. The molecule has 1 aliphatic carbocycles. The van der Waals surface area contributed by atoms with Gasteiger partial charge >= 0.3 is 6.18 Å². The number of amides is 1. The average molecular weight is 273 g/mol. The molecule has 1 heterocycles. The smallest absolute Gasteiger partial charge is 0.417 e. The molecule has 1 amide bonds. The van der Waals surface area contributed by atoms with Crippen molar-refractivity contribution in [3.8, 4) is 0 Å². The van der Waals surface area contributed by atoms with Crippen LogP contribution in [0.15, 0.2) is 40.1 Å². The van der Waals surface area contributed by atoms with Crippen molar-refractivity contribution in [2.75, 3.05) is 14.2 Å². The van der Waals surface area contributed by atoms with Gasteiger partial charge in [-0.05, 0) is 6.08 Å². The molecule has 1 atom stereocenters. The standard InChI is InChI=1S/C12H10F3NO3/c1-18-9-3-6-7(12(13,14)15)4-11(17)16-8(6)5-10(9)19-2/h3-5,9H,1-2H3. The molecule has 0 saturated heterocycles. The fourth-order valence-electron chi connectivity index (χ4n) is 1.88. The predicted molar refractivity (Wildman–Crippen MR) is 60.6 cm³/mol. The Hall–Kier alpha value is -1.89.